The fourth-order valence-corrected chi connectivity index (χ4v) is 3.48. The summed E-state index contributed by atoms with van der Waals surface area (Å²) >= 11 is 0. The van der Waals surface area contributed by atoms with Crippen molar-refractivity contribution in [2.24, 2.45) is 0 Å². The number of nitrogens with zero attached hydrogens (tertiary/aromatic N) is 3. The number of hydrogen-bond acceptors (Lipinski definition) is 4. The van der Waals surface area contributed by atoms with Crippen molar-refractivity contribution in [2.75, 3.05) is 10.2 Å². The lowest BCUT2D eigenvalue weighted by Gasteiger charge is -2.24. The molecule has 3 aromatic rings. The number of pyridine rings is 1. The lowest BCUT2D eigenvalue weighted by atomic mass is 10.1. The van der Waals surface area contributed by atoms with Crippen LogP contribution in [0.25, 0.3) is 0 Å². The molecule has 1 N–H and O–H groups in total. The number of nitriles is 1. The van der Waals surface area contributed by atoms with Gasteiger partial charge in [-0.2, -0.15) is 5.26 Å². The van der Waals surface area contributed by atoms with Crippen molar-refractivity contribution in [1.29, 1.82) is 5.26 Å². The van der Waals surface area contributed by atoms with Gasteiger partial charge in [-0.25, -0.2) is 4.98 Å². The molecular formula is C22H18N4O. The lowest BCUT2D eigenvalue weighted by molar-refractivity contribution is 0.102. The van der Waals surface area contributed by atoms with Crippen LogP contribution in [0.5, 0.6) is 0 Å². The monoisotopic (exact) mass is 354 g/mol. The molecule has 27 heavy (non-hydrogen) atoms. The molecule has 0 bridgehead atoms. The quantitative estimate of drug-likeness (QED) is 0.762. The molecule has 0 saturated heterocycles. The van der Waals surface area contributed by atoms with Gasteiger partial charge >= 0.3 is 0 Å². The molecule has 0 spiro atoms. The molecule has 1 atom stereocenters. The number of hydrogen-bond donors (Lipinski definition) is 1. The van der Waals surface area contributed by atoms with Gasteiger partial charge in [0.25, 0.3) is 5.91 Å². The summed E-state index contributed by atoms with van der Waals surface area (Å²) in [4.78, 5) is 19.3. The van der Waals surface area contributed by atoms with Crippen LogP contribution in [0.1, 0.15) is 28.4 Å². The average Bonchev–Trinajstić information content (AvgIpc) is 3.04. The van der Waals surface area contributed by atoms with E-state index >= 15 is 0 Å². The molecule has 1 unspecified atom stereocenters. The van der Waals surface area contributed by atoms with Crippen molar-refractivity contribution in [3.05, 3.63) is 83.6 Å². The van der Waals surface area contributed by atoms with Crippen LogP contribution in [-0.2, 0) is 6.42 Å². The maximum absolute atomic E-state index is 12.7. The lowest BCUT2D eigenvalue weighted by Crippen LogP contribution is -2.25. The van der Waals surface area contributed by atoms with Crippen LogP contribution in [-0.4, -0.2) is 16.9 Å². The van der Waals surface area contributed by atoms with Gasteiger partial charge in [0.05, 0.1) is 11.6 Å². The molecule has 132 valence electrons. The van der Waals surface area contributed by atoms with Crippen LogP contribution in [0.15, 0.2) is 66.9 Å². The van der Waals surface area contributed by atoms with Crippen molar-refractivity contribution >= 4 is 23.1 Å². The number of para-hydroxylation sites is 1. The first kappa shape index (κ1) is 16.8. The number of anilines is 3. The number of benzene rings is 2. The van der Waals surface area contributed by atoms with Crippen molar-refractivity contribution in [1.82, 2.24) is 4.98 Å². The van der Waals surface area contributed by atoms with Crippen molar-refractivity contribution < 1.29 is 4.79 Å². The highest BCUT2D eigenvalue weighted by atomic mass is 16.1. The van der Waals surface area contributed by atoms with Crippen LogP contribution < -0.4 is 10.2 Å². The third kappa shape index (κ3) is 3.25. The van der Waals surface area contributed by atoms with E-state index in [0.29, 0.717) is 16.8 Å². The number of carbonyl (C=O) groups excluding carboxylic acids is 1. The fraction of sp³-hybridized carbons (Fsp3) is 0.136. The van der Waals surface area contributed by atoms with E-state index in [1.165, 1.54) is 5.56 Å². The third-order valence-electron chi connectivity index (χ3n) is 4.71. The number of aromatic nitrogens is 1. The molecule has 4 rings (SSSR count). The second-order valence-electron chi connectivity index (χ2n) is 6.60. The highest BCUT2D eigenvalue weighted by molar-refractivity contribution is 6.04. The molecule has 1 aromatic heterocycles. The van der Waals surface area contributed by atoms with Gasteiger partial charge in [0, 0.05) is 29.2 Å². The first-order valence-corrected chi connectivity index (χ1v) is 8.80. The minimum absolute atomic E-state index is 0.228. The zero-order valence-corrected chi connectivity index (χ0v) is 14.9. The summed E-state index contributed by atoms with van der Waals surface area (Å²) in [5, 5.41) is 11.8. The van der Waals surface area contributed by atoms with Crippen LogP contribution in [0.3, 0.4) is 0 Å². The molecule has 0 saturated carbocycles. The molecular weight excluding hydrogens is 336 g/mol. The minimum atomic E-state index is -0.228. The molecule has 0 fully saturated rings. The topological polar surface area (TPSA) is 69.0 Å². The van der Waals surface area contributed by atoms with E-state index in [2.05, 4.69) is 40.3 Å². The zero-order chi connectivity index (χ0) is 18.8. The number of amides is 1. The summed E-state index contributed by atoms with van der Waals surface area (Å²) in [6.45, 7) is 2.15. The number of nitrogens with one attached hydrogen (secondary N) is 1. The predicted molar refractivity (Wildman–Crippen MR) is 105 cm³/mol. The van der Waals surface area contributed by atoms with Crippen molar-refractivity contribution in [3.63, 3.8) is 0 Å². The highest BCUT2D eigenvalue weighted by Gasteiger charge is 2.28. The van der Waals surface area contributed by atoms with E-state index in [9.17, 15) is 4.79 Å². The molecule has 2 heterocycles. The number of rotatable bonds is 3. The summed E-state index contributed by atoms with van der Waals surface area (Å²) in [6, 6.07) is 21.0. The van der Waals surface area contributed by atoms with Gasteiger partial charge in [-0.1, -0.05) is 24.3 Å². The Hall–Kier alpha value is -3.65. The average molecular weight is 354 g/mol. The second-order valence-corrected chi connectivity index (χ2v) is 6.60. The van der Waals surface area contributed by atoms with E-state index in [0.717, 1.165) is 17.9 Å². The highest BCUT2D eigenvalue weighted by Crippen LogP contribution is 2.37. The standard InChI is InChI=1S/C22H18N4O/c1-15-11-17-6-2-3-8-20(17)26(15)21-13-18(9-10-24-21)22(27)25-19-7-4-5-16(12-19)14-23/h2-10,12-13,15H,11H2,1H3,(H,25,27). The molecule has 1 aliphatic rings. The van der Waals surface area contributed by atoms with E-state index in [-0.39, 0.29) is 11.9 Å². The van der Waals surface area contributed by atoms with Gasteiger partial charge in [-0.05, 0) is 55.3 Å². The number of carbonyl (C=O) groups is 1. The van der Waals surface area contributed by atoms with Crippen molar-refractivity contribution in [3.8, 4) is 6.07 Å². The Labute approximate surface area is 157 Å². The summed E-state index contributed by atoms with van der Waals surface area (Å²) in [5.41, 5.74) is 4.05. The van der Waals surface area contributed by atoms with E-state index in [1.54, 1.807) is 36.5 Å². The SMILES string of the molecule is CC1Cc2ccccc2N1c1cc(C(=O)Nc2cccc(C#N)c2)ccn1. The van der Waals surface area contributed by atoms with E-state index in [1.807, 2.05) is 18.2 Å². The molecule has 5 heteroatoms. The van der Waals surface area contributed by atoms with Gasteiger partial charge in [0.1, 0.15) is 5.82 Å². The Morgan fingerprint density at radius 2 is 2.04 bits per heavy atom. The maximum Gasteiger partial charge on any atom is 0.255 e. The molecule has 1 aliphatic heterocycles. The Balaban J connectivity index is 1.61. The van der Waals surface area contributed by atoms with Gasteiger partial charge in [0.2, 0.25) is 0 Å². The van der Waals surface area contributed by atoms with Gasteiger partial charge < -0.3 is 10.2 Å². The second kappa shape index (κ2) is 6.93. The minimum Gasteiger partial charge on any atom is -0.323 e. The summed E-state index contributed by atoms with van der Waals surface area (Å²) in [5.74, 6) is 0.528. The van der Waals surface area contributed by atoms with Gasteiger partial charge in [-0.3, -0.25) is 4.79 Å². The molecule has 0 radical (unpaired) electrons. The zero-order valence-electron chi connectivity index (χ0n) is 14.9. The Bertz CT molecular complexity index is 1050. The fourth-order valence-electron chi connectivity index (χ4n) is 3.48. The predicted octanol–water partition coefficient (Wildman–Crippen LogP) is 4.29. The third-order valence-corrected chi connectivity index (χ3v) is 4.71. The van der Waals surface area contributed by atoms with Gasteiger partial charge in [-0.15, -0.1) is 0 Å². The van der Waals surface area contributed by atoms with Crippen LogP contribution in [0.2, 0.25) is 0 Å². The molecule has 2 aromatic carbocycles. The van der Waals surface area contributed by atoms with Crippen LogP contribution >= 0.6 is 0 Å². The van der Waals surface area contributed by atoms with E-state index < -0.39 is 0 Å². The van der Waals surface area contributed by atoms with Crippen molar-refractivity contribution in [2.45, 2.75) is 19.4 Å². The van der Waals surface area contributed by atoms with E-state index in [4.69, 9.17) is 5.26 Å². The normalized spacial score (nSPS) is 15.1. The smallest absolute Gasteiger partial charge is 0.255 e. The first-order chi connectivity index (χ1) is 13.2. The molecule has 0 aliphatic carbocycles. The number of fused-ring (bicyclic) bond motifs is 1. The largest absolute Gasteiger partial charge is 0.323 e. The van der Waals surface area contributed by atoms with Crippen LogP contribution in [0.4, 0.5) is 17.2 Å². The summed E-state index contributed by atoms with van der Waals surface area (Å²) in [6.07, 6.45) is 2.61. The molecule has 1 amide bonds. The molecule has 5 nitrogen and oxygen atoms in total. The van der Waals surface area contributed by atoms with Crippen LogP contribution in [0, 0.1) is 11.3 Å². The Morgan fingerprint density at radius 1 is 1.19 bits per heavy atom. The maximum atomic E-state index is 12.7. The Morgan fingerprint density at radius 3 is 2.89 bits per heavy atom. The summed E-state index contributed by atoms with van der Waals surface area (Å²) in [7, 11) is 0. The first-order valence-electron chi connectivity index (χ1n) is 8.80. The van der Waals surface area contributed by atoms with Gasteiger partial charge in [0.15, 0.2) is 0 Å². The summed E-state index contributed by atoms with van der Waals surface area (Å²) < 4.78 is 0. The Kier molecular flexibility index (Phi) is 4.31.